The molecule has 0 fully saturated rings. The van der Waals surface area contributed by atoms with Crippen molar-refractivity contribution in [3.8, 4) is 0 Å². The first kappa shape index (κ1) is 15.4. The van der Waals surface area contributed by atoms with Crippen LogP contribution in [0, 0.1) is 19.7 Å². The molecule has 1 heterocycles. The molecule has 1 unspecified atom stereocenters. The van der Waals surface area contributed by atoms with Crippen LogP contribution in [0.1, 0.15) is 33.5 Å². The van der Waals surface area contributed by atoms with Crippen LogP contribution in [0.25, 0.3) is 0 Å². The number of ketones is 1. The summed E-state index contributed by atoms with van der Waals surface area (Å²) in [7, 11) is 0. The first-order chi connectivity index (χ1) is 10.8. The number of hydrogen-bond acceptors (Lipinski definition) is 3. The van der Waals surface area contributed by atoms with E-state index < -0.39 is 23.7 Å². The lowest BCUT2D eigenvalue weighted by Gasteiger charge is -2.20. The van der Waals surface area contributed by atoms with E-state index in [0.29, 0.717) is 11.3 Å². The van der Waals surface area contributed by atoms with Crippen molar-refractivity contribution >= 4 is 17.4 Å². The number of anilines is 1. The zero-order valence-corrected chi connectivity index (χ0v) is 12.8. The van der Waals surface area contributed by atoms with Gasteiger partial charge in [0.2, 0.25) is 0 Å². The van der Waals surface area contributed by atoms with Crippen LogP contribution in [0.4, 0.5) is 10.1 Å². The summed E-state index contributed by atoms with van der Waals surface area (Å²) in [6, 6.07) is 8.99. The molecule has 2 N–H and O–H groups in total. The molecule has 1 atom stereocenters. The number of hydrogen-bond donors (Lipinski definition) is 2. The maximum Gasteiger partial charge on any atom is 0.261 e. The van der Waals surface area contributed by atoms with Gasteiger partial charge in [0.15, 0.2) is 11.4 Å². The SMILES string of the molecule is Cc1ccc(C(=O)CC2(O)C(=O)Nc3ccc(F)cc32)c(C)c1. The van der Waals surface area contributed by atoms with Crippen molar-refractivity contribution in [1.82, 2.24) is 0 Å². The minimum Gasteiger partial charge on any atom is -0.375 e. The molecule has 4 nitrogen and oxygen atoms in total. The van der Waals surface area contributed by atoms with Gasteiger partial charge < -0.3 is 10.4 Å². The number of rotatable bonds is 3. The van der Waals surface area contributed by atoms with E-state index in [1.165, 1.54) is 12.1 Å². The molecule has 1 amide bonds. The van der Waals surface area contributed by atoms with E-state index in [4.69, 9.17) is 0 Å². The number of nitrogens with one attached hydrogen (secondary N) is 1. The van der Waals surface area contributed by atoms with E-state index >= 15 is 0 Å². The van der Waals surface area contributed by atoms with Crippen LogP contribution in [-0.2, 0) is 10.4 Å². The zero-order chi connectivity index (χ0) is 16.8. The molecule has 1 aliphatic heterocycles. The van der Waals surface area contributed by atoms with Crippen molar-refractivity contribution in [2.45, 2.75) is 25.9 Å². The van der Waals surface area contributed by atoms with E-state index in [1.807, 2.05) is 13.0 Å². The van der Waals surface area contributed by atoms with E-state index in [1.54, 1.807) is 19.1 Å². The molecule has 1 aliphatic rings. The Balaban J connectivity index is 1.97. The molecule has 0 aromatic heterocycles. The molecular weight excluding hydrogens is 297 g/mol. The molecular formula is C18H16FNO3. The van der Waals surface area contributed by atoms with Crippen LogP contribution in [0.5, 0.6) is 0 Å². The fourth-order valence-corrected chi connectivity index (χ4v) is 2.95. The molecule has 0 bridgehead atoms. The van der Waals surface area contributed by atoms with Crippen LogP contribution in [0.3, 0.4) is 0 Å². The Hall–Kier alpha value is -2.53. The van der Waals surface area contributed by atoms with Gasteiger partial charge in [-0.15, -0.1) is 0 Å². The molecule has 23 heavy (non-hydrogen) atoms. The standard InChI is InChI=1S/C18H16FNO3/c1-10-3-5-13(11(2)7-10)16(21)9-18(23)14-8-12(19)4-6-15(14)20-17(18)22/h3-8,23H,9H2,1-2H3,(H,20,22). The van der Waals surface area contributed by atoms with Crippen molar-refractivity contribution in [1.29, 1.82) is 0 Å². The van der Waals surface area contributed by atoms with Gasteiger partial charge in [-0.3, -0.25) is 9.59 Å². The largest absolute Gasteiger partial charge is 0.375 e. The minimum absolute atomic E-state index is 0.0978. The normalized spacial score (nSPS) is 19.4. The highest BCUT2D eigenvalue weighted by molar-refractivity contribution is 6.09. The quantitative estimate of drug-likeness (QED) is 0.856. The topological polar surface area (TPSA) is 66.4 Å². The predicted octanol–water partition coefficient (Wildman–Crippen LogP) is 2.86. The molecule has 118 valence electrons. The van der Waals surface area contributed by atoms with Gasteiger partial charge in [0.25, 0.3) is 5.91 Å². The van der Waals surface area contributed by atoms with Crippen LogP contribution in [0.2, 0.25) is 0 Å². The number of aliphatic hydroxyl groups is 1. The smallest absolute Gasteiger partial charge is 0.261 e. The summed E-state index contributed by atoms with van der Waals surface area (Å²) in [6.45, 7) is 3.71. The fraction of sp³-hybridized carbons (Fsp3) is 0.222. The summed E-state index contributed by atoms with van der Waals surface area (Å²) in [5, 5.41) is 13.2. The highest BCUT2D eigenvalue weighted by Gasteiger charge is 2.47. The van der Waals surface area contributed by atoms with E-state index in [9.17, 15) is 19.1 Å². The second kappa shape index (κ2) is 5.28. The first-order valence-electron chi connectivity index (χ1n) is 7.25. The lowest BCUT2D eigenvalue weighted by Crippen LogP contribution is -2.36. The van der Waals surface area contributed by atoms with Gasteiger partial charge in [-0.25, -0.2) is 4.39 Å². The Morgan fingerprint density at radius 3 is 2.65 bits per heavy atom. The Morgan fingerprint density at radius 2 is 1.96 bits per heavy atom. The molecule has 0 spiro atoms. The molecule has 0 saturated heterocycles. The number of carbonyl (C=O) groups excluding carboxylic acids is 2. The number of amides is 1. The molecule has 0 saturated carbocycles. The van der Waals surface area contributed by atoms with Crippen LogP contribution >= 0.6 is 0 Å². The second-order valence-electron chi connectivity index (χ2n) is 5.92. The third kappa shape index (κ3) is 2.53. The number of benzene rings is 2. The number of halogens is 1. The van der Waals surface area contributed by atoms with Crippen molar-refractivity contribution in [2.75, 3.05) is 5.32 Å². The third-order valence-corrected chi connectivity index (χ3v) is 4.15. The first-order valence-corrected chi connectivity index (χ1v) is 7.25. The Labute approximate surface area is 133 Å². The maximum absolute atomic E-state index is 13.5. The van der Waals surface area contributed by atoms with E-state index in [0.717, 1.165) is 17.2 Å². The van der Waals surface area contributed by atoms with E-state index in [-0.39, 0.29) is 11.3 Å². The highest BCUT2D eigenvalue weighted by Crippen LogP contribution is 2.39. The minimum atomic E-state index is -2.05. The lowest BCUT2D eigenvalue weighted by molar-refractivity contribution is -0.133. The summed E-state index contributed by atoms with van der Waals surface area (Å²) >= 11 is 0. The molecule has 0 radical (unpaired) electrons. The number of aryl methyl sites for hydroxylation is 2. The van der Waals surface area contributed by atoms with Crippen LogP contribution < -0.4 is 5.32 Å². The van der Waals surface area contributed by atoms with Gasteiger partial charge >= 0.3 is 0 Å². The third-order valence-electron chi connectivity index (χ3n) is 4.15. The second-order valence-corrected chi connectivity index (χ2v) is 5.92. The molecule has 2 aromatic carbocycles. The van der Waals surface area contributed by atoms with Crippen LogP contribution in [-0.4, -0.2) is 16.8 Å². The number of fused-ring (bicyclic) bond motifs is 1. The summed E-state index contributed by atoms with van der Waals surface area (Å²) in [5.74, 6) is -1.65. The Kier molecular flexibility index (Phi) is 3.53. The molecule has 5 heteroatoms. The predicted molar refractivity (Wildman–Crippen MR) is 83.8 cm³/mol. The monoisotopic (exact) mass is 313 g/mol. The highest BCUT2D eigenvalue weighted by atomic mass is 19.1. The average molecular weight is 313 g/mol. The number of carbonyl (C=O) groups is 2. The van der Waals surface area contributed by atoms with Crippen LogP contribution in [0.15, 0.2) is 36.4 Å². The Morgan fingerprint density at radius 1 is 1.22 bits per heavy atom. The lowest BCUT2D eigenvalue weighted by atomic mass is 9.87. The number of Topliss-reactive ketones (excluding diaryl/α,β-unsaturated/α-hetero) is 1. The van der Waals surface area contributed by atoms with Gasteiger partial charge in [-0.1, -0.05) is 23.8 Å². The van der Waals surface area contributed by atoms with Crippen molar-refractivity contribution in [2.24, 2.45) is 0 Å². The molecule has 2 aromatic rings. The van der Waals surface area contributed by atoms with Crippen molar-refractivity contribution in [3.05, 3.63) is 64.5 Å². The van der Waals surface area contributed by atoms with Gasteiger partial charge in [0, 0.05) is 16.8 Å². The summed E-state index contributed by atoms with van der Waals surface area (Å²) in [6.07, 6.45) is -0.431. The maximum atomic E-state index is 13.5. The van der Waals surface area contributed by atoms with Crippen molar-refractivity contribution in [3.63, 3.8) is 0 Å². The van der Waals surface area contributed by atoms with Gasteiger partial charge in [-0.2, -0.15) is 0 Å². The summed E-state index contributed by atoms with van der Waals surface area (Å²) in [5.41, 5.74) is 0.612. The average Bonchev–Trinajstić information content (AvgIpc) is 2.70. The van der Waals surface area contributed by atoms with Gasteiger partial charge in [0.1, 0.15) is 5.82 Å². The summed E-state index contributed by atoms with van der Waals surface area (Å²) < 4.78 is 13.5. The van der Waals surface area contributed by atoms with Gasteiger partial charge in [-0.05, 0) is 37.6 Å². The molecule has 0 aliphatic carbocycles. The van der Waals surface area contributed by atoms with Gasteiger partial charge in [0.05, 0.1) is 6.42 Å². The summed E-state index contributed by atoms with van der Waals surface area (Å²) in [4.78, 5) is 24.7. The van der Waals surface area contributed by atoms with E-state index in [2.05, 4.69) is 5.32 Å². The van der Waals surface area contributed by atoms with Crippen molar-refractivity contribution < 1.29 is 19.1 Å². The fourth-order valence-electron chi connectivity index (χ4n) is 2.95. The Bertz CT molecular complexity index is 831. The zero-order valence-electron chi connectivity index (χ0n) is 12.8. The molecule has 3 rings (SSSR count).